The molecule has 0 atom stereocenters. The SMILES string of the molecule is Cl.Clc1ccc2c(N3CCN(C4CCN(c5ccccc5)CC4)CC3)ccnc2c1. The maximum absolute atomic E-state index is 6.15. The Labute approximate surface area is 189 Å². The van der Waals surface area contributed by atoms with Crippen molar-refractivity contribution in [2.45, 2.75) is 18.9 Å². The van der Waals surface area contributed by atoms with Crippen LogP contribution in [-0.4, -0.2) is 55.2 Å². The Bertz CT molecular complexity index is 965. The summed E-state index contributed by atoms with van der Waals surface area (Å²) in [7, 11) is 0. The summed E-state index contributed by atoms with van der Waals surface area (Å²) < 4.78 is 0. The Morgan fingerprint density at radius 1 is 0.800 bits per heavy atom. The number of anilines is 2. The highest BCUT2D eigenvalue weighted by atomic mass is 35.5. The molecule has 0 amide bonds. The van der Waals surface area contributed by atoms with Crippen molar-refractivity contribution in [1.82, 2.24) is 9.88 Å². The van der Waals surface area contributed by atoms with Gasteiger partial charge in [-0.15, -0.1) is 12.4 Å². The van der Waals surface area contributed by atoms with Gasteiger partial charge in [-0.05, 0) is 49.2 Å². The number of piperidine rings is 1. The molecule has 0 unspecified atom stereocenters. The van der Waals surface area contributed by atoms with Gasteiger partial charge >= 0.3 is 0 Å². The Morgan fingerprint density at radius 2 is 1.53 bits per heavy atom. The summed E-state index contributed by atoms with van der Waals surface area (Å²) in [5.74, 6) is 0. The van der Waals surface area contributed by atoms with Crippen molar-refractivity contribution in [3.8, 4) is 0 Å². The lowest BCUT2D eigenvalue weighted by Gasteiger charge is -2.44. The lowest BCUT2D eigenvalue weighted by atomic mass is 10.0. The molecule has 2 aliphatic heterocycles. The minimum Gasteiger partial charge on any atom is -0.371 e. The number of halogens is 2. The van der Waals surface area contributed by atoms with E-state index < -0.39 is 0 Å². The van der Waals surface area contributed by atoms with E-state index in [-0.39, 0.29) is 12.4 Å². The maximum atomic E-state index is 6.15. The highest BCUT2D eigenvalue weighted by molar-refractivity contribution is 6.31. The van der Waals surface area contributed by atoms with E-state index in [1.807, 2.05) is 18.3 Å². The van der Waals surface area contributed by atoms with Crippen molar-refractivity contribution in [1.29, 1.82) is 0 Å². The molecule has 2 aromatic carbocycles. The molecule has 0 radical (unpaired) electrons. The van der Waals surface area contributed by atoms with Crippen molar-refractivity contribution in [2.24, 2.45) is 0 Å². The third-order valence-electron chi connectivity index (χ3n) is 6.44. The highest BCUT2D eigenvalue weighted by Crippen LogP contribution is 2.29. The maximum Gasteiger partial charge on any atom is 0.0737 e. The summed E-state index contributed by atoms with van der Waals surface area (Å²) in [6.45, 7) is 6.72. The van der Waals surface area contributed by atoms with Crippen LogP contribution in [0.3, 0.4) is 0 Å². The smallest absolute Gasteiger partial charge is 0.0737 e. The minimum atomic E-state index is 0. The van der Waals surface area contributed by atoms with Crippen LogP contribution in [-0.2, 0) is 0 Å². The van der Waals surface area contributed by atoms with E-state index in [0.717, 1.165) is 49.8 Å². The van der Waals surface area contributed by atoms with Crippen molar-refractivity contribution in [2.75, 3.05) is 49.1 Å². The first kappa shape index (κ1) is 21.2. The molecular formula is C24H28Cl2N4. The number of aromatic nitrogens is 1. The standard InChI is InChI=1S/C24H27ClN4.ClH/c25-19-6-7-22-23(18-19)26-11-8-24(22)29-16-14-28(15-17-29)21-9-12-27(13-10-21)20-4-2-1-3-5-20;/h1-8,11,18,21H,9-10,12-17H2;1H. The van der Waals surface area contributed by atoms with Gasteiger partial charge in [-0.3, -0.25) is 9.88 Å². The summed E-state index contributed by atoms with van der Waals surface area (Å²) in [5.41, 5.74) is 3.62. The Hall–Kier alpha value is -2.01. The van der Waals surface area contributed by atoms with Gasteiger partial charge in [0, 0.05) is 73.3 Å². The summed E-state index contributed by atoms with van der Waals surface area (Å²) in [5, 5.41) is 1.94. The van der Waals surface area contributed by atoms with Crippen molar-refractivity contribution < 1.29 is 0 Å². The molecular weight excluding hydrogens is 415 g/mol. The molecule has 1 aromatic heterocycles. The van der Waals surface area contributed by atoms with Crippen molar-refractivity contribution in [3.05, 3.63) is 65.8 Å². The summed E-state index contributed by atoms with van der Waals surface area (Å²) in [6, 6.07) is 19.7. The average molecular weight is 443 g/mol. The molecule has 3 aromatic rings. The van der Waals surface area contributed by atoms with Crippen LogP contribution in [0.2, 0.25) is 5.02 Å². The van der Waals surface area contributed by atoms with Gasteiger partial charge in [-0.25, -0.2) is 0 Å². The predicted octanol–water partition coefficient (Wildman–Crippen LogP) is 5.10. The molecule has 3 heterocycles. The molecule has 0 spiro atoms. The van der Waals surface area contributed by atoms with Gasteiger partial charge in [-0.1, -0.05) is 29.8 Å². The minimum absolute atomic E-state index is 0. The summed E-state index contributed by atoms with van der Waals surface area (Å²) in [4.78, 5) is 12.2. The van der Waals surface area contributed by atoms with E-state index in [9.17, 15) is 0 Å². The highest BCUT2D eigenvalue weighted by Gasteiger charge is 2.28. The molecule has 5 rings (SSSR count). The number of piperazine rings is 1. The second-order valence-electron chi connectivity index (χ2n) is 8.07. The number of hydrogen-bond acceptors (Lipinski definition) is 4. The van der Waals surface area contributed by atoms with E-state index >= 15 is 0 Å². The second-order valence-corrected chi connectivity index (χ2v) is 8.50. The van der Waals surface area contributed by atoms with Gasteiger partial charge < -0.3 is 9.80 Å². The van der Waals surface area contributed by atoms with E-state index in [1.54, 1.807) is 0 Å². The normalized spacial score (nSPS) is 18.4. The fraction of sp³-hybridized carbons (Fsp3) is 0.375. The average Bonchev–Trinajstić information content (AvgIpc) is 2.79. The van der Waals surface area contributed by atoms with Crippen molar-refractivity contribution >= 4 is 46.3 Å². The number of fused-ring (bicyclic) bond motifs is 1. The Kier molecular flexibility index (Phi) is 6.67. The predicted molar refractivity (Wildman–Crippen MR) is 129 cm³/mol. The summed E-state index contributed by atoms with van der Waals surface area (Å²) >= 11 is 6.15. The molecule has 158 valence electrons. The van der Waals surface area contributed by atoms with Gasteiger partial charge in [0.05, 0.1) is 5.52 Å². The van der Waals surface area contributed by atoms with E-state index in [1.165, 1.54) is 29.6 Å². The lowest BCUT2D eigenvalue weighted by molar-refractivity contribution is 0.160. The molecule has 0 saturated carbocycles. The van der Waals surface area contributed by atoms with Crippen LogP contribution in [0.5, 0.6) is 0 Å². The molecule has 0 bridgehead atoms. The zero-order chi connectivity index (χ0) is 19.6. The lowest BCUT2D eigenvalue weighted by Crippen LogP contribution is -2.53. The molecule has 0 N–H and O–H groups in total. The van der Waals surface area contributed by atoms with Gasteiger partial charge in [0.1, 0.15) is 0 Å². The number of benzene rings is 2. The topological polar surface area (TPSA) is 22.6 Å². The zero-order valence-corrected chi connectivity index (χ0v) is 18.7. The Morgan fingerprint density at radius 3 is 2.27 bits per heavy atom. The summed E-state index contributed by atoms with van der Waals surface area (Å²) in [6.07, 6.45) is 4.41. The van der Waals surface area contributed by atoms with Crippen LogP contribution in [0, 0.1) is 0 Å². The quantitative estimate of drug-likeness (QED) is 0.562. The van der Waals surface area contributed by atoms with Crippen LogP contribution >= 0.6 is 24.0 Å². The van der Waals surface area contributed by atoms with Gasteiger partial charge in [0.15, 0.2) is 0 Å². The first-order valence-corrected chi connectivity index (χ1v) is 11.0. The van der Waals surface area contributed by atoms with E-state index in [0.29, 0.717) is 6.04 Å². The van der Waals surface area contributed by atoms with Crippen LogP contribution in [0.4, 0.5) is 11.4 Å². The third kappa shape index (κ3) is 4.36. The largest absolute Gasteiger partial charge is 0.371 e. The van der Waals surface area contributed by atoms with E-state index in [2.05, 4.69) is 62.1 Å². The molecule has 2 fully saturated rings. The van der Waals surface area contributed by atoms with Crippen LogP contribution in [0.25, 0.3) is 10.9 Å². The molecule has 6 heteroatoms. The third-order valence-corrected chi connectivity index (χ3v) is 6.67. The van der Waals surface area contributed by atoms with E-state index in [4.69, 9.17) is 11.6 Å². The van der Waals surface area contributed by atoms with Gasteiger partial charge in [0.2, 0.25) is 0 Å². The molecule has 2 saturated heterocycles. The number of nitrogens with zero attached hydrogens (tertiary/aromatic N) is 4. The van der Waals surface area contributed by atoms with Gasteiger partial charge in [0.25, 0.3) is 0 Å². The first-order valence-electron chi connectivity index (χ1n) is 10.6. The molecule has 30 heavy (non-hydrogen) atoms. The zero-order valence-electron chi connectivity index (χ0n) is 17.1. The van der Waals surface area contributed by atoms with Crippen molar-refractivity contribution in [3.63, 3.8) is 0 Å². The number of para-hydroxylation sites is 1. The number of pyridine rings is 1. The first-order chi connectivity index (χ1) is 14.3. The molecule has 4 nitrogen and oxygen atoms in total. The van der Waals surface area contributed by atoms with Crippen LogP contribution in [0.1, 0.15) is 12.8 Å². The molecule has 2 aliphatic rings. The fourth-order valence-corrected chi connectivity index (χ4v) is 5.00. The Balaban J connectivity index is 0.00000218. The monoisotopic (exact) mass is 442 g/mol. The fourth-order valence-electron chi connectivity index (χ4n) is 4.84. The second kappa shape index (κ2) is 9.42. The number of hydrogen-bond donors (Lipinski definition) is 0. The molecule has 0 aliphatic carbocycles. The van der Waals surface area contributed by atoms with Gasteiger partial charge in [-0.2, -0.15) is 0 Å². The van der Waals surface area contributed by atoms with Crippen LogP contribution in [0.15, 0.2) is 60.8 Å². The van der Waals surface area contributed by atoms with Crippen LogP contribution < -0.4 is 9.80 Å². The number of rotatable bonds is 3.